The van der Waals surface area contributed by atoms with Gasteiger partial charge in [-0.25, -0.2) is 4.68 Å². The number of hydrogen-bond donors (Lipinski definition) is 2. The minimum atomic E-state index is -0.221. The van der Waals surface area contributed by atoms with Crippen LogP contribution in [0, 0.1) is 0 Å². The fraction of sp³-hybridized carbons (Fsp3) is 0.0333. The third-order valence-corrected chi connectivity index (χ3v) is 7.22. The molecule has 3 N–H and O–H groups in total. The molecule has 0 spiro atoms. The van der Waals surface area contributed by atoms with Crippen molar-refractivity contribution < 1.29 is 4.79 Å². The predicted molar refractivity (Wildman–Crippen MR) is 151 cm³/mol. The minimum Gasteiger partial charge on any atom is -0.397 e. The molecule has 0 saturated heterocycles. The quantitative estimate of drug-likeness (QED) is 0.248. The summed E-state index contributed by atoms with van der Waals surface area (Å²) < 4.78 is 1.83. The Labute approximate surface area is 218 Å². The fourth-order valence-electron chi connectivity index (χ4n) is 4.36. The van der Waals surface area contributed by atoms with Gasteiger partial charge in [0.25, 0.3) is 5.91 Å². The van der Waals surface area contributed by atoms with Crippen molar-refractivity contribution in [3.63, 3.8) is 0 Å². The molecule has 4 aromatic carbocycles. The molecular formula is C30H23N5OS. The van der Waals surface area contributed by atoms with Gasteiger partial charge in [-0.15, -0.1) is 16.4 Å². The number of benzene rings is 4. The van der Waals surface area contributed by atoms with Crippen molar-refractivity contribution in [1.29, 1.82) is 0 Å². The first-order valence-electron chi connectivity index (χ1n) is 11.9. The number of carbonyl (C=O) groups excluding carboxylic acids is 1. The van der Waals surface area contributed by atoms with E-state index in [0.29, 0.717) is 23.5 Å². The summed E-state index contributed by atoms with van der Waals surface area (Å²) in [7, 11) is 0. The van der Waals surface area contributed by atoms with E-state index in [-0.39, 0.29) is 5.91 Å². The van der Waals surface area contributed by atoms with Gasteiger partial charge in [0.05, 0.1) is 24.1 Å². The molecular weight excluding hydrogens is 478 g/mol. The largest absolute Gasteiger partial charge is 0.397 e. The molecule has 6 rings (SSSR count). The van der Waals surface area contributed by atoms with Crippen molar-refractivity contribution in [1.82, 2.24) is 15.0 Å². The molecule has 0 aliphatic rings. The summed E-state index contributed by atoms with van der Waals surface area (Å²) in [6, 6.07) is 31.7. The first kappa shape index (κ1) is 22.7. The Hall–Kier alpha value is -4.75. The van der Waals surface area contributed by atoms with E-state index >= 15 is 0 Å². The van der Waals surface area contributed by atoms with Gasteiger partial charge in [0.15, 0.2) is 0 Å². The van der Waals surface area contributed by atoms with Gasteiger partial charge in [-0.3, -0.25) is 4.79 Å². The molecule has 0 unspecified atom stereocenters. The molecule has 0 aliphatic carbocycles. The van der Waals surface area contributed by atoms with Crippen LogP contribution in [-0.4, -0.2) is 20.9 Å². The maximum Gasteiger partial charge on any atom is 0.255 e. The summed E-state index contributed by atoms with van der Waals surface area (Å²) in [5, 5.41) is 16.0. The molecule has 6 nitrogen and oxygen atoms in total. The maximum atomic E-state index is 12.9. The number of thiophene rings is 1. The van der Waals surface area contributed by atoms with E-state index in [0.717, 1.165) is 21.7 Å². The number of nitrogens with zero attached hydrogens (tertiary/aromatic N) is 3. The van der Waals surface area contributed by atoms with Gasteiger partial charge >= 0.3 is 0 Å². The van der Waals surface area contributed by atoms with Gasteiger partial charge in [0.1, 0.15) is 5.69 Å². The molecule has 0 fully saturated rings. The number of hydrogen-bond acceptors (Lipinski definition) is 5. The van der Waals surface area contributed by atoms with Crippen molar-refractivity contribution >= 4 is 39.4 Å². The van der Waals surface area contributed by atoms with Crippen LogP contribution in [0.5, 0.6) is 0 Å². The summed E-state index contributed by atoms with van der Waals surface area (Å²) in [6.45, 7) is 0.626. The fourth-order valence-corrected chi connectivity index (χ4v) is 5.08. The standard InChI is InChI=1S/C30H23N5OS/c31-26-15-14-23(29-9-4-16-37-29)17-27(26)32-30(36)22-12-10-21(11-13-22)28-19-35(34-33-28)18-24-7-3-6-20-5-1-2-8-25(20)24/h1-17,19H,18,31H2,(H,32,36). The normalized spacial score (nSPS) is 11.0. The molecule has 0 aliphatic heterocycles. The van der Waals surface area contributed by atoms with E-state index in [1.807, 2.05) is 70.9 Å². The zero-order valence-electron chi connectivity index (χ0n) is 19.8. The summed E-state index contributed by atoms with van der Waals surface area (Å²) >= 11 is 1.64. The summed E-state index contributed by atoms with van der Waals surface area (Å²) in [6.07, 6.45) is 1.92. The van der Waals surface area contributed by atoms with Crippen LogP contribution >= 0.6 is 11.3 Å². The van der Waals surface area contributed by atoms with Crippen LogP contribution in [0.2, 0.25) is 0 Å². The number of rotatable bonds is 6. The number of nitrogen functional groups attached to an aromatic ring is 1. The Morgan fingerprint density at radius 2 is 1.70 bits per heavy atom. The van der Waals surface area contributed by atoms with Crippen molar-refractivity contribution in [3.05, 3.63) is 120 Å². The molecule has 0 atom stereocenters. The van der Waals surface area contributed by atoms with E-state index in [1.54, 1.807) is 23.5 Å². The third-order valence-electron chi connectivity index (χ3n) is 6.30. The SMILES string of the molecule is Nc1ccc(-c2cccs2)cc1NC(=O)c1ccc(-c2cn(Cc3cccc4ccccc34)nn2)cc1. The number of anilines is 2. The average molecular weight is 502 g/mol. The molecule has 0 saturated carbocycles. The number of nitrogens with one attached hydrogen (secondary N) is 1. The van der Waals surface area contributed by atoms with Crippen LogP contribution in [0.3, 0.4) is 0 Å². The van der Waals surface area contributed by atoms with Crippen LogP contribution in [0.1, 0.15) is 15.9 Å². The second-order valence-electron chi connectivity index (χ2n) is 8.75. The summed E-state index contributed by atoms with van der Waals surface area (Å²) in [5.74, 6) is -0.221. The highest BCUT2D eigenvalue weighted by molar-refractivity contribution is 7.13. The predicted octanol–water partition coefficient (Wildman–Crippen LogP) is 6.71. The number of aromatic nitrogens is 3. The summed E-state index contributed by atoms with van der Waals surface area (Å²) in [4.78, 5) is 14.0. The van der Waals surface area contributed by atoms with Gasteiger partial charge in [-0.05, 0) is 57.6 Å². The first-order chi connectivity index (χ1) is 18.1. The smallest absolute Gasteiger partial charge is 0.255 e. The maximum absolute atomic E-state index is 12.9. The molecule has 7 heteroatoms. The highest BCUT2D eigenvalue weighted by atomic mass is 32.1. The van der Waals surface area contributed by atoms with Gasteiger partial charge in [0.2, 0.25) is 0 Å². The van der Waals surface area contributed by atoms with Gasteiger partial charge < -0.3 is 11.1 Å². The zero-order chi connectivity index (χ0) is 25.2. The third kappa shape index (κ3) is 4.72. The Morgan fingerprint density at radius 1 is 0.892 bits per heavy atom. The molecule has 2 heterocycles. The lowest BCUT2D eigenvalue weighted by Gasteiger charge is -2.10. The number of amides is 1. The zero-order valence-corrected chi connectivity index (χ0v) is 20.7. The van der Waals surface area contributed by atoms with Gasteiger partial charge in [-0.2, -0.15) is 0 Å². The minimum absolute atomic E-state index is 0.221. The number of carbonyl (C=O) groups is 1. The lowest BCUT2D eigenvalue weighted by molar-refractivity contribution is 0.102. The Kier molecular flexibility index (Phi) is 5.96. The molecule has 0 radical (unpaired) electrons. The van der Waals surface area contributed by atoms with E-state index in [4.69, 9.17) is 5.73 Å². The van der Waals surface area contributed by atoms with Crippen LogP contribution in [0.4, 0.5) is 11.4 Å². The van der Waals surface area contributed by atoms with Crippen molar-refractivity contribution in [2.45, 2.75) is 6.54 Å². The highest BCUT2D eigenvalue weighted by Crippen LogP contribution is 2.30. The van der Waals surface area contributed by atoms with E-state index in [9.17, 15) is 4.79 Å². The van der Waals surface area contributed by atoms with Crippen molar-refractivity contribution in [2.24, 2.45) is 0 Å². The van der Waals surface area contributed by atoms with Crippen molar-refractivity contribution in [3.8, 4) is 21.7 Å². The Morgan fingerprint density at radius 3 is 2.54 bits per heavy atom. The first-order valence-corrected chi connectivity index (χ1v) is 12.7. The molecule has 37 heavy (non-hydrogen) atoms. The molecule has 180 valence electrons. The topological polar surface area (TPSA) is 85.8 Å². The van der Waals surface area contributed by atoms with E-state index < -0.39 is 0 Å². The Balaban J connectivity index is 1.17. The number of fused-ring (bicyclic) bond motifs is 1. The van der Waals surface area contributed by atoms with Gasteiger partial charge in [0, 0.05) is 16.0 Å². The number of nitrogens with two attached hydrogens (primary N) is 1. The van der Waals surface area contributed by atoms with Crippen molar-refractivity contribution in [2.75, 3.05) is 11.1 Å². The average Bonchev–Trinajstić information content (AvgIpc) is 3.63. The van der Waals surface area contributed by atoms with Crippen LogP contribution in [0.25, 0.3) is 32.5 Å². The molecule has 0 bridgehead atoms. The van der Waals surface area contributed by atoms with Gasteiger partial charge in [-0.1, -0.05) is 71.9 Å². The molecule has 6 aromatic rings. The Bertz CT molecular complexity index is 1700. The molecule has 1 amide bonds. The summed E-state index contributed by atoms with van der Waals surface area (Å²) in [5.41, 5.74) is 11.6. The molecule has 2 aromatic heterocycles. The monoisotopic (exact) mass is 501 g/mol. The van der Waals surface area contributed by atoms with Crippen LogP contribution in [-0.2, 0) is 6.54 Å². The van der Waals surface area contributed by atoms with E-state index in [2.05, 4.69) is 46.0 Å². The van der Waals surface area contributed by atoms with Crippen LogP contribution < -0.4 is 11.1 Å². The lowest BCUT2D eigenvalue weighted by atomic mass is 10.0. The second kappa shape index (κ2) is 9.72. The second-order valence-corrected chi connectivity index (χ2v) is 9.70. The van der Waals surface area contributed by atoms with E-state index in [1.165, 1.54) is 16.3 Å². The highest BCUT2D eigenvalue weighted by Gasteiger charge is 2.12. The lowest BCUT2D eigenvalue weighted by Crippen LogP contribution is -2.13. The van der Waals surface area contributed by atoms with Crippen LogP contribution in [0.15, 0.2) is 109 Å².